The van der Waals surface area contributed by atoms with Gasteiger partial charge in [0.15, 0.2) is 5.54 Å². The molecule has 1 unspecified atom stereocenters. The molecule has 0 aromatic heterocycles. The number of ether oxygens (including phenoxy) is 1. The summed E-state index contributed by atoms with van der Waals surface area (Å²) >= 11 is 0. The summed E-state index contributed by atoms with van der Waals surface area (Å²) < 4.78 is 18.7. The molecule has 5 nitrogen and oxygen atoms in total. The molecule has 0 saturated carbocycles. The zero-order chi connectivity index (χ0) is 32.6. The first-order valence-corrected chi connectivity index (χ1v) is 17.9. The van der Waals surface area contributed by atoms with Gasteiger partial charge in [0, 0.05) is 11.1 Å². The van der Waals surface area contributed by atoms with Crippen LogP contribution in [0.15, 0.2) is 65.7 Å². The first-order valence-electron chi connectivity index (χ1n) is 17.9. The van der Waals surface area contributed by atoms with Crippen LogP contribution in [0.5, 0.6) is 0 Å². The summed E-state index contributed by atoms with van der Waals surface area (Å²) in [5.74, 6) is -0.173. The van der Waals surface area contributed by atoms with Gasteiger partial charge in [0.2, 0.25) is 0 Å². The van der Waals surface area contributed by atoms with E-state index in [1.165, 1.54) is 38.5 Å². The Kier molecular flexibility index (Phi) is 15.3. The second-order valence-corrected chi connectivity index (χ2v) is 13.9. The van der Waals surface area contributed by atoms with Gasteiger partial charge in [-0.15, -0.1) is 0 Å². The van der Waals surface area contributed by atoms with Crippen molar-refractivity contribution >= 4 is 18.8 Å². The van der Waals surface area contributed by atoms with Gasteiger partial charge in [-0.2, -0.15) is 0 Å². The molecule has 1 aliphatic rings. The Hall–Kier alpha value is -2.44. The second-order valence-electron chi connectivity index (χ2n) is 13.9. The number of benzene rings is 2. The lowest BCUT2D eigenvalue weighted by Gasteiger charge is -2.32. The molecule has 45 heavy (non-hydrogen) atoms. The van der Waals surface area contributed by atoms with E-state index in [1.807, 2.05) is 36.4 Å². The highest BCUT2D eigenvalue weighted by molar-refractivity contribution is 6.45. The summed E-state index contributed by atoms with van der Waals surface area (Å²) in [6.45, 7) is 13.3. The molecule has 0 bridgehead atoms. The average molecular weight is 618 g/mol. The first-order chi connectivity index (χ1) is 21.6. The van der Waals surface area contributed by atoms with E-state index in [4.69, 9.17) is 19.0 Å². The third-order valence-electron chi connectivity index (χ3n) is 9.56. The molecule has 0 radical (unpaired) electrons. The molecule has 2 aromatic rings. The number of carbonyl (C=O) groups excluding carboxylic acids is 1. The van der Waals surface area contributed by atoms with Crippen LogP contribution >= 0.6 is 0 Å². The summed E-state index contributed by atoms with van der Waals surface area (Å²) in [5.41, 5.74) is 1.26. The molecule has 0 amide bonds. The minimum Gasteiger partial charge on any atom is -0.464 e. The van der Waals surface area contributed by atoms with Gasteiger partial charge in [0.25, 0.3) is 0 Å². The number of carbonyl (C=O) groups is 1. The molecule has 1 aliphatic heterocycles. The first kappa shape index (κ1) is 37.0. The number of nitrogens with zero attached hydrogens (tertiary/aromatic N) is 1. The smallest absolute Gasteiger partial charge is 0.457 e. The van der Waals surface area contributed by atoms with E-state index in [1.54, 1.807) is 0 Å². The molecule has 0 aliphatic carbocycles. The third-order valence-corrected chi connectivity index (χ3v) is 9.56. The van der Waals surface area contributed by atoms with Crippen LogP contribution in [0.1, 0.15) is 143 Å². The van der Waals surface area contributed by atoms with E-state index < -0.39 is 5.54 Å². The minimum absolute atomic E-state index is 0.173. The molecular formula is C39H60BNO4. The zero-order valence-electron chi connectivity index (χ0n) is 29.2. The quantitative estimate of drug-likeness (QED) is 0.0605. The summed E-state index contributed by atoms with van der Waals surface area (Å²) in [6, 6.07) is 20.6. The predicted molar refractivity (Wildman–Crippen MR) is 189 cm³/mol. The Balaban J connectivity index is 1.91. The summed E-state index contributed by atoms with van der Waals surface area (Å²) in [5, 5.41) is 0. The van der Waals surface area contributed by atoms with Crippen LogP contribution < -0.4 is 0 Å². The SMILES string of the molecule is CCCCCCCOC(=O)C(CCCCCCC)(CCCCB1OC(C)(C)C(C)(C)O1)N=C(c1ccccc1)c1ccccc1. The van der Waals surface area contributed by atoms with Gasteiger partial charge in [0.05, 0.1) is 23.5 Å². The molecule has 1 fully saturated rings. The molecule has 1 heterocycles. The van der Waals surface area contributed by atoms with Crippen molar-refractivity contribution in [2.24, 2.45) is 4.99 Å². The maximum atomic E-state index is 14.3. The predicted octanol–water partition coefficient (Wildman–Crippen LogP) is 10.4. The number of hydrogen-bond donors (Lipinski definition) is 0. The van der Waals surface area contributed by atoms with Crippen LogP contribution in [0, 0.1) is 0 Å². The number of aliphatic imine (C=N–C) groups is 1. The van der Waals surface area contributed by atoms with Gasteiger partial charge in [-0.05, 0) is 53.3 Å². The Morgan fingerprint density at radius 3 is 1.67 bits per heavy atom. The fourth-order valence-electron chi connectivity index (χ4n) is 6.03. The molecule has 6 heteroatoms. The number of esters is 1. The maximum absolute atomic E-state index is 14.3. The molecule has 2 aromatic carbocycles. The Morgan fingerprint density at radius 2 is 1.16 bits per heavy atom. The van der Waals surface area contributed by atoms with Crippen molar-refractivity contribution in [2.75, 3.05) is 6.61 Å². The fraction of sp³-hybridized carbons (Fsp3) is 0.641. The van der Waals surface area contributed by atoms with Crippen molar-refractivity contribution < 1.29 is 18.8 Å². The van der Waals surface area contributed by atoms with Gasteiger partial charge in [-0.3, -0.25) is 4.99 Å². The van der Waals surface area contributed by atoms with E-state index >= 15 is 0 Å². The average Bonchev–Trinajstić information content (AvgIpc) is 3.25. The standard InChI is InChI=1S/C39H60BNO4/c1-7-9-11-13-21-29-39(36(42)43-32-24-14-12-10-8-2,30-22-23-31-40-44-37(3,4)38(5,6)45-40)41-35(33-25-17-15-18-26-33)34-27-19-16-20-28-34/h15-20,25-28H,7-14,21-24,29-32H2,1-6H3. The number of rotatable bonds is 21. The summed E-state index contributed by atoms with van der Waals surface area (Å²) in [6.07, 6.45) is 15.0. The van der Waals surface area contributed by atoms with E-state index in [0.29, 0.717) is 19.4 Å². The third kappa shape index (κ3) is 11.4. The van der Waals surface area contributed by atoms with Crippen molar-refractivity contribution in [3.8, 4) is 0 Å². The van der Waals surface area contributed by atoms with Crippen molar-refractivity contribution in [1.29, 1.82) is 0 Å². The highest BCUT2D eigenvalue weighted by atomic mass is 16.7. The lowest BCUT2D eigenvalue weighted by Crippen LogP contribution is -2.41. The summed E-state index contributed by atoms with van der Waals surface area (Å²) in [7, 11) is -0.235. The highest BCUT2D eigenvalue weighted by Crippen LogP contribution is 2.39. The highest BCUT2D eigenvalue weighted by Gasteiger charge is 2.50. The van der Waals surface area contributed by atoms with Crippen LogP contribution in [0.2, 0.25) is 6.32 Å². The topological polar surface area (TPSA) is 57.1 Å². The van der Waals surface area contributed by atoms with Crippen molar-refractivity contribution in [3.63, 3.8) is 0 Å². The monoisotopic (exact) mass is 617 g/mol. The van der Waals surface area contributed by atoms with Crippen LogP contribution in [0.25, 0.3) is 0 Å². The Morgan fingerprint density at radius 1 is 0.689 bits per heavy atom. The van der Waals surface area contributed by atoms with E-state index in [0.717, 1.165) is 61.7 Å². The maximum Gasteiger partial charge on any atom is 0.457 e. The second kappa shape index (κ2) is 18.6. The van der Waals surface area contributed by atoms with Gasteiger partial charge in [-0.1, -0.05) is 145 Å². The van der Waals surface area contributed by atoms with Crippen molar-refractivity contribution in [1.82, 2.24) is 0 Å². The molecule has 3 rings (SSSR count). The Bertz CT molecular complexity index is 1090. The number of hydrogen-bond acceptors (Lipinski definition) is 5. The van der Waals surface area contributed by atoms with Gasteiger partial charge >= 0.3 is 13.1 Å². The zero-order valence-corrected chi connectivity index (χ0v) is 29.2. The van der Waals surface area contributed by atoms with Gasteiger partial charge in [-0.25, -0.2) is 4.79 Å². The Labute approximate surface area is 275 Å². The minimum atomic E-state index is -0.952. The normalized spacial score (nSPS) is 16.7. The molecule has 1 saturated heterocycles. The number of unbranched alkanes of at least 4 members (excludes halogenated alkanes) is 9. The molecule has 0 spiro atoms. The van der Waals surface area contributed by atoms with E-state index in [2.05, 4.69) is 65.8 Å². The lowest BCUT2D eigenvalue weighted by molar-refractivity contribution is -0.151. The van der Waals surface area contributed by atoms with E-state index in [-0.39, 0.29) is 24.3 Å². The fourth-order valence-corrected chi connectivity index (χ4v) is 6.03. The lowest BCUT2D eigenvalue weighted by atomic mass is 9.79. The molecular weight excluding hydrogens is 557 g/mol. The van der Waals surface area contributed by atoms with Crippen LogP contribution in [0.4, 0.5) is 0 Å². The largest absolute Gasteiger partial charge is 0.464 e. The molecule has 1 atom stereocenters. The van der Waals surface area contributed by atoms with Crippen molar-refractivity contribution in [2.45, 2.75) is 154 Å². The van der Waals surface area contributed by atoms with E-state index in [9.17, 15) is 4.79 Å². The van der Waals surface area contributed by atoms with Gasteiger partial charge < -0.3 is 14.0 Å². The molecule has 0 N–H and O–H groups in total. The van der Waals surface area contributed by atoms with Crippen LogP contribution in [-0.4, -0.2) is 42.1 Å². The van der Waals surface area contributed by atoms with Crippen LogP contribution in [0.3, 0.4) is 0 Å². The van der Waals surface area contributed by atoms with Crippen molar-refractivity contribution in [3.05, 3.63) is 71.8 Å². The molecule has 248 valence electrons. The van der Waals surface area contributed by atoms with Crippen LogP contribution in [-0.2, 0) is 18.8 Å². The summed E-state index contributed by atoms with van der Waals surface area (Å²) in [4.78, 5) is 19.8. The van der Waals surface area contributed by atoms with Gasteiger partial charge in [0.1, 0.15) is 0 Å².